The Balaban J connectivity index is 2.10. The van der Waals surface area contributed by atoms with E-state index in [0.29, 0.717) is 12.2 Å². The Hall–Kier alpha value is -1.54. The summed E-state index contributed by atoms with van der Waals surface area (Å²) in [5.74, 6) is -0.449. The van der Waals surface area contributed by atoms with Gasteiger partial charge in [0.2, 0.25) is 0 Å². The first-order valence-corrected chi connectivity index (χ1v) is 7.38. The molecule has 1 aliphatic rings. The van der Waals surface area contributed by atoms with Crippen LogP contribution in [0.2, 0.25) is 0 Å². The summed E-state index contributed by atoms with van der Waals surface area (Å²) in [7, 11) is 0. The summed E-state index contributed by atoms with van der Waals surface area (Å²) in [4.78, 5) is 11.9. The van der Waals surface area contributed by atoms with Crippen LogP contribution in [0, 0.1) is 0 Å². The smallest absolute Gasteiger partial charge is 0.344 e. The molecule has 0 bridgehead atoms. The summed E-state index contributed by atoms with van der Waals surface area (Å²) in [5, 5.41) is 28.9. The molecule has 2 rings (SSSR count). The molecular formula is C15H22NO6+. The van der Waals surface area contributed by atoms with Crippen molar-refractivity contribution in [3.05, 3.63) is 30.1 Å². The molecule has 0 spiro atoms. The van der Waals surface area contributed by atoms with Gasteiger partial charge in [-0.3, -0.25) is 0 Å². The van der Waals surface area contributed by atoms with Crippen molar-refractivity contribution in [3.63, 3.8) is 0 Å². The quantitative estimate of drug-likeness (QED) is 0.373. The van der Waals surface area contributed by atoms with Crippen LogP contribution >= 0.6 is 0 Å². The van der Waals surface area contributed by atoms with Crippen LogP contribution in [-0.4, -0.2) is 52.8 Å². The predicted molar refractivity (Wildman–Crippen MR) is 74.8 cm³/mol. The maximum Gasteiger partial charge on any atom is 0.344 e. The molecule has 1 unspecified atom stereocenters. The van der Waals surface area contributed by atoms with Gasteiger partial charge in [-0.2, -0.15) is 4.57 Å². The van der Waals surface area contributed by atoms with Crippen molar-refractivity contribution in [2.24, 2.45) is 0 Å². The Labute approximate surface area is 128 Å². The summed E-state index contributed by atoms with van der Waals surface area (Å²) in [6.45, 7) is 1.97. The second-order valence-electron chi connectivity index (χ2n) is 5.26. The normalized spacial score (nSPS) is 27.8. The van der Waals surface area contributed by atoms with E-state index in [1.54, 1.807) is 18.3 Å². The fourth-order valence-corrected chi connectivity index (χ4v) is 2.29. The summed E-state index contributed by atoms with van der Waals surface area (Å²) in [5.41, 5.74) is 0.330. The van der Waals surface area contributed by atoms with Crippen molar-refractivity contribution in [2.45, 2.75) is 44.3 Å². The summed E-state index contributed by atoms with van der Waals surface area (Å²) < 4.78 is 12.0. The minimum absolute atomic E-state index is 0.330. The Bertz CT molecular complexity index is 509. The fourth-order valence-electron chi connectivity index (χ4n) is 2.29. The Morgan fingerprint density at radius 3 is 2.82 bits per heavy atom. The predicted octanol–water partition coefficient (Wildman–Crippen LogP) is -0.458. The largest absolute Gasteiger partial charge is 0.462 e. The van der Waals surface area contributed by atoms with Gasteiger partial charge in [-0.25, -0.2) is 4.79 Å². The highest BCUT2D eigenvalue weighted by atomic mass is 16.6. The standard InChI is InChI=1S/C15H22NO6/c1-2-3-7-21-15(20)10-5-4-6-16(8-10)14-13(19)12(18)11(9-17)22-14/h4-6,8,11-14,17-19H,2-3,7,9H2,1H3/q+1/t11-,12+,13?,14-/m1/s1. The molecule has 1 saturated heterocycles. The van der Waals surface area contributed by atoms with Crippen LogP contribution in [0.25, 0.3) is 0 Å². The lowest BCUT2D eigenvalue weighted by atomic mass is 10.1. The van der Waals surface area contributed by atoms with E-state index in [1.807, 2.05) is 6.92 Å². The number of hydrogen-bond donors (Lipinski definition) is 3. The third-order valence-electron chi connectivity index (χ3n) is 3.60. The molecule has 1 fully saturated rings. The number of aliphatic hydroxyl groups excluding tert-OH is 3. The lowest BCUT2D eigenvalue weighted by Gasteiger charge is -2.10. The van der Waals surface area contributed by atoms with E-state index >= 15 is 0 Å². The monoisotopic (exact) mass is 312 g/mol. The highest BCUT2D eigenvalue weighted by Gasteiger charge is 2.48. The highest BCUT2D eigenvalue weighted by Crippen LogP contribution is 2.25. The lowest BCUT2D eigenvalue weighted by Crippen LogP contribution is -2.46. The second-order valence-corrected chi connectivity index (χ2v) is 5.26. The van der Waals surface area contributed by atoms with Crippen LogP contribution < -0.4 is 4.57 Å². The zero-order valence-corrected chi connectivity index (χ0v) is 12.5. The van der Waals surface area contributed by atoms with Gasteiger partial charge in [0.15, 0.2) is 18.5 Å². The molecule has 1 aromatic rings. The first-order chi connectivity index (χ1) is 10.6. The van der Waals surface area contributed by atoms with E-state index in [4.69, 9.17) is 14.6 Å². The van der Waals surface area contributed by atoms with Crippen molar-refractivity contribution in [3.8, 4) is 0 Å². The number of nitrogens with zero attached hydrogens (tertiary/aromatic N) is 1. The van der Waals surface area contributed by atoms with Gasteiger partial charge in [-0.1, -0.05) is 13.3 Å². The van der Waals surface area contributed by atoms with E-state index in [1.165, 1.54) is 10.8 Å². The minimum Gasteiger partial charge on any atom is -0.462 e. The zero-order chi connectivity index (χ0) is 16.1. The Morgan fingerprint density at radius 1 is 1.41 bits per heavy atom. The molecule has 0 saturated carbocycles. The molecule has 4 atom stereocenters. The third-order valence-corrected chi connectivity index (χ3v) is 3.60. The number of hydrogen-bond acceptors (Lipinski definition) is 6. The van der Waals surface area contributed by atoms with E-state index < -0.39 is 37.1 Å². The summed E-state index contributed by atoms with van der Waals surface area (Å²) in [6, 6.07) is 3.23. The van der Waals surface area contributed by atoms with E-state index in [0.717, 1.165) is 12.8 Å². The summed E-state index contributed by atoms with van der Waals surface area (Å²) in [6.07, 6.45) is 0.759. The highest BCUT2D eigenvalue weighted by molar-refractivity contribution is 5.88. The molecule has 22 heavy (non-hydrogen) atoms. The fraction of sp³-hybridized carbons (Fsp3) is 0.600. The molecule has 7 nitrogen and oxygen atoms in total. The maximum atomic E-state index is 11.9. The number of ether oxygens (including phenoxy) is 2. The SMILES string of the molecule is CCCCOC(=O)c1ccc[n+]([C@@H]2O[C@H](CO)[C@H](O)C2O)c1. The molecule has 7 heteroatoms. The van der Waals surface area contributed by atoms with Crippen LogP contribution in [0.1, 0.15) is 36.4 Å². The number of carbonyl (C=O) groups is 1. The van der Waals surface area contributed by atoms with Crippen LogP contribution in [0.4, 0.5) is 0 Å². The minimum atomic E-state index is -1.19. The zero-order valence-electron chi connectivity index (χ0n) is 12.5. The van der Waals surface area contributed by atoms with Crippen molar-refractivity contribution in [1.29, 1.82) is 0 Å². The molecular weight excluding hydrogens is 290 g/mol. The topological polar surface area (TPSA) is 100 Å². The van der Waals surface area contributed by atoms with Crippen LogP contribution in [0.3, 0.4) is 0 Å². The second kappa shape index (κ2) is 7.64. The molecule has 0 amide bonds. The van der Waals surface area contributed by atoms with Crippen LogP contribution in [-0.2, 0) is 9.47 Å². The van der Waals surface area contributed by atoms with Crippen LogP contribution in [0.5, 0.6) is 0 Å². The van der Waals surface area contributed by atoms with Gasteiger partial charge < -0.3 is 24.8 Å². The van der Waals surface area contributed by atoms with E-state index in [-0.39, 0.29) is 0 Å². The van der Waals surface area contributed by atoms with Crippen molar-refractivity contribution in [2.75, 3.05) is 13.2 Å². The first-order valence-electron chi connectivity index (χ1n) is 7.38. The number of rotatable bonds is 6. The molecule has 1 aliphatic heterocycles. The van der Waals surface area contributed by atoms with E-state index in [2.05, 4.69) is 0 Å². The number of pyridine rings is 1. The number of carbonyl (C=O) groups excluding carboxylic acids is 1. The molecule has 0 radical (unpaired) electrons. The lowest BCUT2D eigenvalue weighted by molar-refractivity contribution is -0.765. The third kappa shape index (κ3) is 3.61. The van der Waals surface area contributed by atoms with Crippen molar-refractivity contribution < 1.29 is 34.2 Å². The molecule has 2 heterocycles. The van der Waals surface area contributed by atoms with Gasteiger partial charge in [0.05, 0.1) is 13.2 Å². The van der Waals surface area contributed by atoms with Gasteiger partial charge in [0, 0.05) is 6.07 Å². The number of aliphatic hydroxyl groups is 3. The van der Waals surface area contributed by atoms with Gasteiger partial charge in [-0.15, -0.1) is 0 Å². The maximum absolute atomic E-state index is 11.9. The Kier molecular flexibility index (Phi) is 5.84. The summed E-state index contributed by atoms with van der Waals surface area (Å²) >= 11 is 0. The van der Waals surface area contributed by atoms with Crippen molar-refractivity contribution >= 4 is 5.97 Å². The molecule has 1 aromatic heterocycles. The number of unbranched alkanes of at least 4 members (excludes halogenated alkanes) is 1. The van der Waals surface area contributed by atoms with Crippen molar-refractivity contribution in [1.82, 2.24) is 0 Å². The number of esters is 1. The first kappa shape index (κ1) is 16.8. The van der Waals surface area contributed by atoms with Crippen LogP contribution in [0.15, 0.2) is 24.5 Å². The molecule has 3 N–H and O–H groups in total. The molecule has 0 aromatic carbocycles. The van der Waals surface area contributed by atoms with Gasteiger partial charge in [0.25, 0.3) is 6.23 Å². The van der Waals surface area contributed by atoms with Gasteiger partial charge in [-0.05, 0) is 12.5 Å². The van der Waals surface area contributed by atoms with Gasteiger partial charge >= 0.3 is 5.97 Å². The molecule has 0 aliphatic carbocycles. The Morgan fingerprint density at radius 2 is 2.18 bits per heavy atom. The number of aromatic nitrogens is 1. The average molecular weight is 312 g/mol. The van der Waals surface area contributed by atoms with Gasteiger partial charge in [0.1, 0.15) is 17.8 Å². The molecule has 122 valence electrons. The average Bonchev–Trinajstić information content (AvgIpc) is 2.83. The van der Waals surface area contributed by atoms with E-state index in [9.17, 15) is 15.0 Å².